The first-order valence-corrected chi connectivity index (χ1v) is 9.23. The van der Waals surface area contributed by atoms with Crippen molar-refractivity contribution in [2.75, 3.05) is 13.1 Å². The Kier molecular flexibility index (Phi) is 4.79. The number of nitrogens with zero attached hydrogens (tertiary/aromatic N) is 2. The predicted octanol–water partition coefficient (Wildman–Crippen LogP) is 1.93. The normalized spacial score (nSPS) is 17.4. The Morgan fingerprint density at radius 1 is 1.26 bits per heavy atom. The molecule has 0 atom stereocenters. The van der Waals surface area contributed by atoms with Crippen LogP contribution in [0.4, 0.5) is 0 Å². The molecule has 1 aromatic carbocycles. The van der Waals surface area contributed by atoms with Crippen molar-refractivity contribution in [3.63, 3.8) is 0 Å². The molecule has 0 radical (unpaired) electrons. The Morgan fingerprint density at radius 2 is 1.96 bits per heavy atom. The minimum atomic E-state index is -3.43. The van der Waals surface area contributed by atoms with Gasteiger partial charge in [0, 0.05) is 25.2 Å². The Morgan fingerprint density at radius 3 is 2.57 bits per heavy atom. The standard InChI is InChI=1S/C16H21N3O3S/c1-13-11-15(22-17-13)12-19-9-7-14(8-10-19)18-23(20,21)16-5-3-2-4-6-16/h2-6,11,14,18H,7-10,12H2,1H3. The Labute approximate surface area is 136 Å². The molecule has 1 saturated heterocycles. The molecule has 1 aliphatic heterocycles. The third kappa shape index (κ3) is 4.19. The number of piperidine rings is 1. The van der Waals surface area contributed by atoms with E-state index in [1.807, 2.05) is 19.1 Å². The van der Waals surface area contributed by atoms with E-state index in [4.69, 9.17) is 4.52 Å². The molecule has 7 heteroatoms. The van der Waals surface area contributed by atoms with E-state index in [1.165, 1.54) is 0 Å². The number of hydrogen-bond donors (Lipinski definition) is 1. The number of hydrogen-bond acceptors (Lipinski definition) is 5. The molecule has 23 heavy (non-hydrogen) atoms. The van der Waals surface area contributed by atoms with E-state index >= 15 is 0 Å². The minimum absolute atomic E-state index is 0.0204. The quantitative estimate of drug-likeness (QED) is 0.903. The van der Waals surface area contributed by atoms with Gasteiger partial charge >= 0.3 is 0 Å². The summed E-state index contributed by atoms with van der Waals surface area (Å²) in [6, 6.07) is 10.4. The summed E-state index contributed by atoms with van der Waals surface area (Å²) in [6.45, 7) is 4.29. The molecule has 0 spiro atoms. The average molecular weight is 335 g/mol. The second-order valence-corrected chi connectivity index (χ2v) is 7.63. The molecule has 3 rings (SSSR count). The lowest BCUT2D eigenvalue weighted by Gasteiger charge is -2.31. The van der Waals surface area contributed by atoms with Crippen LogP contribution >= 0.6 is 0 Å². The highest BCUT2D eigenvalue weighted by Crippen LogP contribution is 2.17. The maximum Gasteiger partial charge on any atom is 0.240 e. The van der Waals surface area contributed by atoms with Crippen molar-refractivity contribution in [2.45, 2.75) is 37.2 Å². The van der Waals surface area contributed by atoms with E-state index in [2.05, 4.69) is 14.8 Å². The van der Waals surface area contributed by atoms with Crippen LogP contribution in [0.2, 0.25) is 0 Å². The number of nitrogens with one attached hydrogen (secondary N) is 1. The molecule has 0 unspecified atom stereocenters. The highest BCUT2D eigenvalue weighted by Gasteiger charge is 2.25. The van der Waals surface area contributed by atoms with Crippen molar-refractivity contribution in [1.29, 1.82) is 0 Å². The molecule has 0 amide bonds. The van der Waals surface area contributed by atoms with Crippen molar-refractivity contribution < 1.29 is 12.9 Å². The zero-order valence-electron chi connectivity index (χ0n) is 13.1. The van der Waals surface area contributed by atoms with Crippen LogP contribution in [0.15, 0.2) is 45.8 Å². The fourth-order valence-corrected chi connectivity index (χ4v) is 4.13. The first kappa shape index (κ1) is 16.2. The van der Waals surface area contributed by atoms with E-state index in [0.717, 1.165) is 43.9 Å². The van der Waals surface area contributed by atoms with E-state index in [1.54, 1.807) is 24.3 Å². The summed E-state index contributed by atoms with van der Waals surface area (Å²) >= 11 is 0. The third-order valence-electron chi connectivity index (χ3n) is 4.02. The first-order chi connectivity index (χ1) is 11.0. The summed E-state index contributed by atoms with van der Waals surface area (Å²) in [5.41, 5.74) is 0.880. The number of likely N-dealkylation sites (tertiary alicyclic amines) is 1. The van der Waals surface area contributed by atoms with Gasteiger partial charge in [0.1, 0.15) is 0 Å². The maximum absolute atomic E-state index is 12.3. The molecule has 1 aromatic heterocycles. The topological polar surface area (TPSA) is 75.4 Å². The lowest BCUT2D eigenvalue weighted by Crippen LogP contribution is -2.44. The van der Waals surface area contributed by atoms with Gasteiger partial charge in [0.25, 0.3) is 0 Å². The van der Waals surface area contributed by atoms with Gasteiger partial charge in [0.05, 0.1) is 17.1 Å². The number of aryl methyl sites for hydroxylation is 1. The Hall–Kier alpha value is -1.70. The molecule has 6 nitrogen and oxygen atoms in total. The van der Waals surface area contributed by atoms with Crippen LogP contribution in [0.1, 0.15) is 24.3 Å². The van der Waals surface area contributed by atoms with Gasteiger partial charge in [0.15, 0.2) is 5.76 Å². The van der Waals surface area contributed by atoms with Crippen LogP contribution in [-0.4, -0.2) is 37.6 Å². The van der Waals surface area contributed by atoms with Crippen molar-refractivity contribution in [2.24, 2.45) is 0 Å². The second-order valence-electron chi connectivity index (χ2n) is 5.92. The van der Waals surface area contributed by atoms with E-state index in [9.17, 15) is 8.42 Å². The molecule has 0 bridgehead atoms. The zero-order chi connectivity index (χ0) is 16.3. The second kappa shape index (κ2) is 6.82. The SMILES string of the molecule is Cc1cc(CN2CCC(NS(=O)(=O)c3ccccc3)CC2)on1. The van der Waals surface area contributed by atoms with E-state index < -0.39 is 10.0 Å². The summed E-state index contributed by atoms with van der Waals surface area (Å²) in [5, 5.41) is 3.89. The summed E-state index contributed by atoms with van der Waals surface area (Å²) < 4.78 is 32.7. The molecule has 2 heterocycles. The maximum atomic E-state index is 12.3. The molecule has 0 aliphatic carbocycles. The molecule has 124 valence electrons. The monoisotopic (exact) mass is 335 g/mol. The summed E-state index contributed by atoms with van der Waals surface area (Å²) in [5.74, 6) is 0.853. The Bertz CT molecular complexity index is 735. The van der Waals surface area contributed by atoms with Gasteiger partial charge in [0.2, 0.25) is 10.0 Å². The summed E-state index contributed by atoms with van der Waals surface area (Å²) in [4.78, 5) is 2.58. The number of aromatic nitrogens is 1. The molecule has 1 fully saturated rings. The molecular weight excluding hydrogens is 314 g/mol. The van der Waals surface area contributed by atoms with Crippen LogP contribution in [0.3, 0.4) is 0 Å². The third-order valence-corrected chi connectivity index (χ3v) is 5.56. The van der Waals surface area contributed by atoms with Crippen molar-refractivity contribution in [3.8, 4) is 0 Å². The number of rotatable bonds is 5. The molecular formula is C16H21N3O3S. The van der Waals surface area contributed by atoms with Crippen LogP contribution < -0.4 is 4.72 Å². The number of benzene rings is 1. The van der Waals surface area contributed by atoms with Crippen LogP contribution in [0.25, 0.3) is 0 Å². The van der Waals surface area contributed by atoms with Crippen LogP contribution in [0.5, 0.6) is 0 Å². The Balaban J connectivity index is 1.53. The van der Waals surface area contributed by atoms with Gasteiger partial charge < -0.3 is 4.52 Å². The molecule has 2 aromatic rings. The van der Waals surface area contributed by atoms with E-state index in [-0.39, 0.29) is 6.04 Å². The van der Waals surface area contributed by atoms with Crippen molar-refractivity contribution in [1.82, 2.24) is 14.8 Å². The van der Waals surface area contributed by atoms with Gasteiger partial charge in [-0.25, -0.2) is 13.1 Å². The highest BCUT2D eigenvalue weighted by atomic mass is 32.2. The fourth-order valence-electron chi connectivity index (χ4n) is 2.81. The van der Waals surface area contributed by atoms with Gasteiger partial charge in [-0.2, -0.15) is 0 Å². The zero-order valence-corrected chi connectivity index (χ0v) is 13.9. The highest BCUT2D eigenvalue weighted by molar-refractivity contribution is 7.89. The van der Waals surface area contributed by atoms with Crippen LogP contribution in [-0.2, 0) is 16.6 Å². The van der Waals surface area contributed by atoms with Gasteiger partial charge in [-0.15, -0.1) is 0 Å². The van der Waals surface area contributed by atoms with Crippen LogP contribution in [0, 0.1) is 6.92 Å². The first-order valence-electron chi connectivity index (χ1n) is 7.75. The predicted molar refractivity (Wildman–Crippen MR) is 86.3 cm³/mol. The summed E-state index contributed by atoms with van der Waals surface area (Å²) in [7, 11) is -3.43. The smallest absolute Gasteiger partial charge is 0.240 e. The van der Waals surface area contributed by atoms with Gasteiger partial charge in [-0.3, -0.25) is 4.90 Å². The van der Waals surface area contributed by atoms with Gasteiger partial charge in [-0.1, -0.05) is 23.4 Å². The van der Waals surface area contributed by atoms with Crippen molar-refractivity contribution in [3.05, 3.63) is 47.9 Å². The fraction of sp³-hybridized carbons (Fsp3) is 0.438. The van der Waals surface area contributed by atoms with Crippen molar-refractivity contribution >= 4 is 10.0 Å². The lowest BCUT2D eigenvalue weighted by molar-refractivity contribution is 0.180. The van der Waals surface area contributed by atoms with E-state index in [0.29, 0.717) is 4.90 Å². The number of sulfonamides is 1. The van der Waals surface area contributed by atoms with Gasteiger partial charge in [-0.05, 0) is 31.9 Å². The average Bonchev–Trinajstić information content (AvgIpc) is 2.95. The lowest BCUT2D eigenvalue weighted by atomic mass is 10.1. The molecule has 1 N–H and O–H groups in total. The summed E-state index contributed by atoms with van der Waals surface area (Å²) in [6.07, 6.45) is 1.58. The minimum Gasteiger partial charge on any atom is -0.360 e. The largest absolute Gasteiger partial charge is 0.360 e. The molecule has 1 aliphatic rings. The molecule has 0 saturated carbocycles.